The first-order valence-corrected chi connectivity index (χ1v) is 24.2. The largest absolute Gasteiger partial charge is 0.494 e. The van der Waals surface area contributed by atoms with Gasteiger partial charge in [0.25, 0.3) is 5.91 Å². The fourth-order valence-electron chi connectivity index (χ4n) is 8.63. The molecule has 3 heterocycles. The van der Waals surface area contributed by atoms with Crippen molar-refractivity contribution in [1.29, 1.82) is 5.26 Å². The lowest BCUT2D eigenvalue weighted by Crippen LogP contribution is -2.58. The van der Waals surface area contributed by atoms with Crippen LogP contribution in [0.3, 0.4) is 0 Å². The average molecular weight is 1000 g/mol. The first kappa shape index (κ1) is 54.0. The summed E-state index contributed by atoms with van der Waals surface area (Å²) in [5, 5.41) is 15.2. The average Bonchev–Trinajstić information content (AvgIpc) is 4.04. The molecule has 2 saturated heterocycles. The fourth-order valence-corrected chi connectivity index (χ4v) is 9.15. The molecule has 380 valence electrons. The first-order valence-electron chi connectivity index (χ1n) is 23.8. The van der Waals surface area contributed by atoms with Gasteiger partial charge < -0.3 is 39.2 Å². The normalized spacial score (nSPS) is 16.7. The van der Waals surface area contributed by atoms with Crippen LogP contribution in [0, 0.1) is 16.7 Å². The molecule has 0 radical (unpaired) electrons. The molecule has 3 aromatic carbocycles. The number of amides is 4. The third-order valence-corrected chi connectivity index (χ3v) is 12.9. The number of imidazole rings is 1. The molecule has 2 aliphatic rings. The number of halogens is 3. The van der Waals surface area contributed by atoms with Gasteiger partial charge in [-0.3, -0.25) is 24.1 Å². The van der Waals surface area contributed by atoms with Gasteiger partial charge in [0, 0.05) is 57.1 Å². The quantitative estimate of drug-likeness (QED) is 0.0609. The van der Waals surface area contributed by atoms with E-state index < -0.39 is 52.2 Å². The van der Waals surface area contributed by atoms with Crippen molar-refractivity contribution in [2.24, 2.45) is 12.5 Å². The molecule has 4 amide bonds. The van der Waals surface area contributed by atoms with Crippen LogP contribution in [0.15, 0.2) is 79.1 Å². The minimum atomic E-state index is -4.79. The molecule has 71 heavy (non-hydrogen) atoms. The molecule has 2 aliphatic heterocycles. The molecule has 1 unspecified atom stereocenters. The lowest BCUT2D eigenvalue weighted by atomic mass is 9.85. The summed E-state index contributed by atoms with van der Waals surface area (Å²) in [4.78, 5) is 62.8. The Balaban J connectivity index is 0.849. The van der Waals surface area contributed by atoms with E-state index in [2.05, 4.69) is 15.6 Å². The Morgan fingerprint density at radius 1 is 0.915 bits per heavy atom. The smallest absolute Gasteiger partial charge is 0.417 e. The van der Waals surface area contributed by atoms with E-state index in [1.165, 1.54) is 6.07 Å². The number of nitrogens with one attached hydrogen (secondary N) is 2. The summed E-state index contributed by atoms with van der Waals surface area (Å²) >= 11 is 5.63. The van der Waals surface area contributed by atoms with Gasteiger partial charge in [-0.15, -0.1) is 0 Å². The Hall–Kier alpha value is -6.36. The van der Waals surface area contributed by atoms with E-state index in [0.717, 1.165) is 53.2 Å². The molecule has 2 fully saturated rings. The van der Waals surface area contributed by atoms with Crippen molar-refractivity contribution in [3.05, 3.63) is 95.8 Å². The van der Waals surface area contributed by atoms with Gasteiger partial charge in [0.15, 0.2) is 5.11 Å². The van der Waals surface area contributed by atoms with Crippen molar-refractivity contribution in [2.75, 3.05) is 49.4 Å². The van der Waals surface area contributed by atoms with E-state index >= 15 is 0 Å². The standard InChI is InChI=1S/C52H63F3N8O7S/c1-34(35-14-16-36(17-15-35)45-57-24-26-60(45)7)58-46(65)42-13-11-25-61(42)47(66)44(50(2,3)4)59-43(64)33-69-29-12-28-68-27-9-8-10-30-70-40-22-20-38(21-23-40)63-49(71)62(48(67)51(63,5)6)39-19-18-37(32-56)41(31-39)52(53,54)55/h14-24,26,31,34,42,44H,8-13,25,27-30,33H2,1-7H3,(H,58,65)(H,59,64)/t34-,42-,44?/m0/s1. The number of carbonyl (C=O) groups excluding carboxylic acids is 4. The lowest BCUT2D eigenvalue weighted by molar-refractivity contribution is -0.144. The Morgan fingerprint density at radius 2 is 1.58 bits per heavy atom. The number of benzene rings is 3. The fraction of sp³-hybridized carbons (Fsp3) is 0.481. The zero-order valence-corrected chi connectivity index (χ0v) is 42.1. The summed E-state index contributed by atoms with van der Waals surface area (Å²) in [6.07, 6.45) is 3.05. The Morgan fingerprint density at radius 3 is 2.23 bits per heavy atom. The number of hydrogen-bond donors (Lipinski definition) is 2. The maximum absolute atomic E-state index is 14.0. The number of thiocarbonyl (C=S) groups is 1. The summed E-state index contributed by atoms with van der Waals surface area (Å²) in [5.74, 6) is -0.0224. The van der Waals surface area contributed by atoms with Gasteiger partial charge in [0.1, 0.15) is 35.8 Å². The van der Waals surface area contributed by atoms with E-state index in [-0.39, 0.29) is 35.3 Å². The summed E-state index contributed by atoms with van der Waals surface area (Å²) in [6.45, 7) is 12.7. The first-order chi connectivity index (χ1) is 33.6. The van der Waals surface area contributed by atoms with Gasteiger partial charge in [-0.1, -0.05) is 45.0 Å². The number of aromatic nitrogens is 2. The maximum atomic E-state index is 14.0. The van der Waals surface area contributed by atoms with E-state index in [9.17, 15) is 37.6 Å². The molecule has 6 rings (SSSR count). The van der Waals surface area contributed by atoms with E-state index in [4.69, 9.17) is 26.4 Å². The molecular weight excluding hydrogens is 938 g/mol. The summed E-state index contributed by atoms with van der Waals surface area (Å²) in [6, 6.07) is 17.6. The van der Waals surface area contributed by atoms with Crippen molar-refractivity contribution < 1.29 is 46.6 Å². The number of likely N-dealkylation sites (tertiary alicyclic amines) is 1. The van der Waals surface area contributed by atoms with Gasteiger partial charge in [-0.25, -0.2) is 4.98 Å². The molecule has 3 atom stereocenters. The van der Waals surface area contributed by atoms with Crippen LogP contribution in [0.1, 0.15) is 103 Å². The molecular formula is C52H63F3N8O7S. The molecule has 0 aliphatic carbocycles. The number of unbranched alkanes of at least 4 members (excludes halogenated alkanes) is 2. The molecule has 19 heteroatoms. The van der Waals surface area contributed by atoms with Gasteiger partial charge >= 0.3 is 6.18 Å². The van der Waals surface area contributed by atoms with Crippen LogP contribution in [0.4, 0.5) is 24.5 Å². The number of rotatable bonds is 21. The van der Waals surface area contributed by atoms with Crippen LogP contribution in [0.2, 0.25) is 0 Å². The van der Waals surface area contributed by atoms with E-state index in [1.807, 2.05) is 69.8 Å². The van der Waals surface area contributed by atoms with Crippen molar-refractivity contribution in [3.8, 4) is 23.2 Å². The number of carbonyl (C=O) groups is 4. The SMILES string of the molecule is C[C@H](NC(=O)[C@@H]1CCCN1C(=O)C(NC(=O)COCCCOCCCCCOc1ccc(N2C(=S)N(c3ccc(C#N)c(C(F)(F)F)c3)C(=O)C2(C)C)cc1)C(C)(C)C)c1ccc(-c2nccn2C)cc1. The second kappa shape index (κ2) is 23.2. The van der Waals surface area contributed by atoms with Crippen LogP contribution in [-0.2, 0) is 41.9 Å². The number of aryl methyl sites for hydroxylation is 1. The highest BCUT2D eigenvalue weighted by molar-refractivity contribution is 7.81. The summed E-state index contributed by atoms with van der Waals surface area (Å²) in [5.41, 5.74) is -1.17. The highest BCUT2D eigenvalue weighted by Crippen LogP contribution is 2.40. The van der Waals surface area contributed by atoms with Crippen molar-refractivity contribution >= 4 is 52.3 Å². The van der Waals surface area contributed by atoms with E-state index in [1.54, 1.807) is 60.2 Å². The highest BCUT2D eigenvalue weighted by Gasteiger charge is 2.51. The second-order valence-corrected chi connectivity index (χ2v) is 19.7. The Labute approximate surface area is 418 Å². The number of nitrogens with zero attached hydrogens (tertiary/aromatic N) is 6. The lowest BCUT2D eigenvalue weighted by Gasteiger charge is -2.35. The molecule has 2 N–H and O–H groups in total. The molecule has 0 spiro atoms. The van der Waals surface area contributed by atoms with Crippen molar-refractivity contribution in [2.45, 2.75) is 110 Å². The van der Waals surface area contributed by atoms with Gasteiger partial charge in [-0.05, 0) is 125 Å². The second-order valence-electron chi connectivity index (χ2n) is 19.3. The Bertz CT molecular complexity index is 2570. The molecule has 0 saturated carbocycles. The van der Waals surface area contributed by atoms with Crippen molar-refractivity contribution in [1.82, 2.24) is 25.1 Å². The summed E-state index contributed by atoms with van der Waals surface area (Å²) < 4.78 is 60.4. The van der Waals surface area contributed by atoms with Crippen molar-refractivity contribution in [3.63, 3.8) is 0 Å². The highest BCUT2D eigenvalue weighted by atomic mass is 32.1. The maximum Gasteiger partial charge on any atom is 0.417 e. The topological polar surface area (TPSA) is 171 Å². The number of ether oxygens (including phenoxy) is 3. The van der Waals surface area contributed by atoms with E-state index in [0.29, 0.717) is 63.7 Å². The summed E-state index contributed by atoms with van der Waals surface area (Å²) in [7, 11) is 1.93. The minimum absolute atomic E-state index is 0.00606. The monoisotopic (exact) mass is 1000 g/mol. The number of anilines is 2. The molecule has 15 nitrogen and oxygen atoms in total. The molecule has 1 aromatic heterocycles. The van der Waals surface area contributed by atoms with Crippen LogP contribution >= 0.6 is 12.2 Å². The number of nitriles is 1. The zero-order chi connectivity index (χ0) is 51.7. The van der Waals surface area contributed by atoms with Crippen LogP contribution in [-0.4, -0.2) is 100 Å². The molecule has 4 aromatic rings. The predicted octanol–water partition coefficient (Wildman–Crippen LogP) is 8.27. The minimum Gasteiger partial charge on any atom is -0.494 e. The zero-order valence-electron chi connectivity index (χ0n) is 41.3. The number of alkyl halides is 3. The predicted molar refractivity (Wildman–Crippen MR) is 266 cm³/mol. The van der Waals surface area contributed by atoms with Gasteiger partial charge in [-0.2, -0.15) is 18.4 Å². The van der Waals surface area contributed by atoms with Crippen LogP contribution in [0.5, 0.6) is 5.75 Å². The van der Waals surface area contributed by atoms with Crippen LogP contribution < -0.4 is 25.2 Å². The van der Waals surface area contributed by atoms with Gasteiger partial charge in [0.05, 0.1) is 35.5 Å². The number of hydrogen-bond acceptors (Lipinski definition) is 10. The van der Waals surface area contributed by atoms with Crippen LogP contribution in [0.25, 0.3) is 11.4 Å². The third kappa shape index (κ3) is 13.1. The molecule has 0 bridgehead atoms. The third-order valence-electron chi connectivity index (χ3n) is 12.6. The Kier molecular flexibility index (Phi) is 17.7. The van der Waals surface area contributed by atoms with Gasteiger partial charge in [0.2, 0.25) is 17.7 Å².